The van der Waals surface area contributed by atoms with E-state index in [2.05, 4.69) is 4.99 Å². The number of hydrogen-bond donors (Lipinski definition) is 0. The Morgan fingerprint density at radius 3 is 2.70 bits per heavy atom. The zero-order chi connectivity index (χ0) is 23.1. The normalized spacial score (nSPS) is 17.1. The summed E-state index contributed by atoms with van der Waals surface area (Å²) < 4.78 is 18.3. The average molecular weight is 463 g/mol. The predicted molar refractivity (Wildman–Crippen MR) is 124 cm³/mol. The summed E-state index contributed by atoms with van der Waals surface area (Å²) in [6.45, 7) is 5.96. The number of allylic oxidation sites excluding steroid dienone is 1. The molecule has 0 unspecified atom stereocenters. The Balaban J connectivity index is 1.69. The Bertz CT molecular complexity index is 1460. The molecule has 0 fully saturated rings. The van der Waals surface area contributed by atoms with Crippen LogP contribution in [-0.2, 0) is 9.53 Å². The van der Waals surface area contributed by atoms with E-state index in [4.69, 9.17) is 14.2 Å². The number of thiazole rings is 1. The summed E-state index contributed by atoms with van der Waals surface area (Å²) in [7, 11) is 0. The number of carbonyl (C=O) groups is 1. The molecule has 7 nitrogen and oxygen atoms in total. The Morgan fingerprint density at radius 1 is 1.18 bits per heavy atom. The molecule has 1 aromatic heterocycles. The highest BCUT2D eigenvalue weighted by Gasteiger charge is 2.33. The van der Waals surface area contributed by atoms with Gasteiger partial charge in [-0.3, -0.25) is 9.36 Å². The summed E-state index contributed by atoms with van der Waals surface area (Å²) in [5, 5.41) is 0. The fraction of sp³-hybridized carbons (Fsp3) is 0.240. The molecule has 2 aromatic carbocycles. The first kappa shape index (κ1) is 21.2. The zero-order valence-electron chi connectivity index (χ0n) is 18.5. The van der Waals surface area contributed by atoms with Crippen molar-refractivity contribution in [2.45, 2.75) is 26.8 Å². The molecule has 0 aliphatic carbocycles. The molecule has 1 atom stereocenters. The summed E-state index contributed by atoms with van der Waals surface area (Å²) in [6.07, 6.45) is 1.81. The van der Waals surface area contributed by atoms with E-state index < -0.39 is 12.0 Å². The topological polar surface area (TPSA) is 79.1 Å². The van der Waals surface area contributed by atoms with E-state index in [1.54, 1.807) is 24.5 Å². The molecule has 0 saturated heterocycles. The summed E-state index contributed by atoms with van der Waals surface area (Å²) in [6, 6.07) is 12.7. The third kappa shape index (κ3) is 3.76. The molecule has 0 spiro atoms. The second kappa shape index (κ2) is 8.37. The Hall–Kier alpha value is -3.65. The number of aromatic nitrogens is 1. The summed E-state index contributed by atoms with van der Waals surface area (Å²) >= 11 is 1.29. The van der Waals surface area contributed by atoms with Crippen molar-refractivity contribution >= 4 is 23.4 Å². The van der Waals surface area contributed by atoms with E-state index in [9.17, 15) is 9.59 Å². The first-order valence-electron chi connectivity index (χ1n) is 10.6. The van der Waals surface area contributed by atoms with Crippen molar-refractivity contribution in [2.75, 3.05) is 13.4 Å². The minimum Gasteiger partial charge on any atom is -0.463 e. The third-order valence-electron chi connectivity index (χ3n) is 5.60. The molecule has 0 amide bonds. The second-order valence-corrected chi connectivity index (χ2v) is 8.83. The molecule has 8 heteroatoms. The monoisotopic (exact) mass is 462 g/mol. The fourth-order valence-electron chi connectivity index (χ4n) is 4.01. The number of rotatable bonds is 4. The van der Waals surface area contributed by atoms with Crippen molar-refractivity contribution in [1.29, 1.82) is 0 Å². The highest BCUT2D eigenvalue weighted by atomic mass is 32.1. The highest BCUT2D eigenvalue weighted by molar-refractivity contribution is 7.07. The maximum absolute atomic E-state index is 13.6. The molecule has 0 saturated carbocycles. The number of esters is 1. The molecule has 168 valence electrons. The maximum Gasteiger partial charge on any atom is 0.338 e. The highest BCUT2D eigenvalue weighted by Crippen LogP contribution is 2.33. The summed E-state index contributed by atoms with van der Waals surface area (Å²) in [5.41, 5.74) is 3.45. The third-order valence-corrected chi connectivity index (χ3v) is 6.59. The van der Waals surface area contributed by atoms with Gasteiger partial charge in [-0.25, -0.2) is 9.79 Å². The maximum atomic E-state index is 13.6. The fourth-order valence-corrected chi connectivity index (χ4v) is 5.06. The largest absolute Gasteiger partial charge is 0.463 e. The smallest absolute Gasteiger partial charge is 0.338 e. The van der Waals surface area contributed by atoms with E-state index in [-0.39, 0.29) is 19.0 Å². The van der Waals surface area contributed by atoms with Gasteiger partial charge in [0.25, 0.3) is 5.56 Å². The van der Waals surface area contributed by atoms with Crippen LogP contribution in [0.3, 0.4) is 0 Å². The van der Waals surface area contributed by atoms with Crippen LogP contribution in [0.5, 0.6) is 11.5 Å². The van der Waals surface area contributed by atoms with Crippen molar-refractivity contribution in [3.63, 3.8) is 0 Å². The Kier molecular flexibility index (Phi) is 5.38. The number of nitrogens with zero attached hydrogens (tertiary/aromatic N) is 2. The van der Waals surface area contributed by atoms with Gasteiger partial charge < -0.3 is 14.2 Å². The second-order valence-electron chi connectivity index (χ2n) is 7.83. The predicted octanol–water partition coefficient (Wildman–Crippen LogP) is 2.84. The van der Waals surface area contributed by atoms with Gasteiger partial charge in [-0.05, 0) is 50.1 Å². The number of aryl methyl sites for hydroxylation is 1. The molecule has 0 N–H and O–H groups in total. The molecule has 3 aromatic rings. The molecule has 0 radical (unpaired) electrons. The van der Waals surface area contributed by atoms with Crippen molar-refractivity contribution in [3.8, 4) is 11.5 Å². The van der Waals surface area contributed by atoms with E-state index in [1.807, 2.05) is 49.4 Å². The minimum absolute atomic E-state index is 0.188. The molecule has 0 bridgehead atoms. The van der Waals surface area contributed by atoms with Crippen LogP contribution in [-0.4, -0.2) is 23.9 Å². The van der Waals surface area contributed by atoms with Gasteiger partial charge in [0.1, 0.15) is 0 Å². The van der Waals surface area contributed by atoms with Gasteiger partial charge >= 0.3 is 5.97 Å². The van der Waals surface area contributed by atoms with E-state index in [0.29, 0.717) is 32.1 Å². The van der Waals surface area contributed by atoms with Crippen LogP contribution in [0.4, 0.5) is 0 Å². The molecule has 3 heterocycles. The lowest BCUT2D eigenvalue weighted by Gasteiger charge is -2.24. The Labute approximate surface area is 193 Å². The van der Waals surface area contributed by atoms with E-state index in [0.717, 1.165) is 16.7 Å². The minimum atomic E-state index is -0.611. The van der Waals surface area contributed by atoms with Crippen molar-refractivity contribution in [3.05, 3.63) is 90.1 Å². The lowest BCUT2D eigenvalue weighted by Crippen LogP contribution is -2.39. The van der Waals surface area contributed by atoms with Crippen molar-refractivity contribution in [1.82, 2.24) is 4.57 Å². The van der Waals surface area contributed by atoms with Crippen molar-refractivity contribution in [2.24, 2.45) is 4.99 Å². The van der Waals surface area contributed by atoms with Crippen LogP contribution in [0.1, 0.15) is 36.6 Å². The molecule has 5 rings (SSSR count). The zero-order valence-corrected chi connectivity index (χ0v) is 19.3. The van der Waals surface area contributed by atoms with Gasteiger partial charge in [0.2, 0.25) is 6.79 Å². The number of benzene rings is 2. The van der Waals surface area contributed by atoms with Crippen LogP contribution < -0.4 is 24.4 Å². The standard InChI is InChI=1S/C25H22N2O5S/c1-4-30-24(29)21-15(3)26-25-27(22(21)17-8-5-14(2)6-9-17)23(28)20(33-25)12-16-7-10-18-19(11-16)32-13-31-18/h5-12,22H,4,13H2,1-3H3/b20-12+/t22-/m1/s1. The number of fused-ring (bicyclic) bond motifs is 2. The van der Waals surface area contributed by atoms with Crippen LogP contribution in [0, 0.1) is 6.92 Å². The summed E-state index contributed by atoms with van der Waals surface area (Å²) in [5.74, 6) is 0.867. The van der Waals surface area contributed by atoms with Gasteiger partial charge in [-0.1, -0.05) is 47.2 Å². The van der Waals surface area contributed by atoms with Crippen LogP contribution in [0.2, 0.25) is 0 Å². The molecular weight excluding hydrogens is 440 g/mol. The number of hydrogen-bond acceptors (Lipinski definition) is 7. The van der Waals surface area contributed by atoms with E-state index >= 15 is 0 Å². The van der Waals surface area contributed by atoms with Gasteiger partial charge in [-0.15, -0.1) is 0 Å². The van der Waals surface area contributed by atoms with Gasteiger partial charge in [0, 0.05) is 0 Å². The summed E-state index contributed by atoms with van der Waals surface area (Å²) in [4.78, 5) is 31.6. The van der Waals surface area contributed by atoms with Gasteiger partial charge in [0.05, 0.1) is 28.5 Å². The SMILES string of the molecule is CCOC(=O)C1=C(C)N=c2s/c(=C/c3ccc4c(c3)OCO4)c(=O)n2[C@@H]1c1ccc(C)cc1. The van der Waals surface area contributed by atoms with Crippen LogP contribution >= 0.6 is 11.3 Å². The first-order chi connectivity index (χ1) is 16.0. The quantitative estimate of drug-likeness (QED) is 0.557. The van der Waals surface area contributed by atoms with Crippen LogP contribution in [0.25, 0.3) is 6.08 Å². The lowest BCUT2D eigenvalue weighted by molar-refractivity contribution is -0.139. The van der Waals surface area contributed by atoms with E-state index in [1.165, 1.54) is 11.3 Å². The lowest BCUT2D eigenvalue weighted by atomic mass is 9.95. The molecule has 2 aliphatic rings. The average Bonchev–Trinajstić information content (AvgIpc) is 3.37. The van der Waals surface area contributed by atoms with Gasteiger partial charge in [-0.2, -0.15) is 0 Å². The number of ether oxygens (including phenoxy) is 3. The molecular formula is C25H22N2O5S. The van der Waals surface area contributed by atoms with Crippen molar-refractivity contribution < 1.29 is 19.0 Å². The first-order valence-corrected chi connectivity index (χ1v) is 11.4. The Morgan fingerprint density at radius 2 is 1.94 bits per heavy atom. The molecule has 2 aliphatic heterocycles. The van der Waals surface area contributed by atoms with Gasteiger partial charge in [0.15, 0.2) is 16.3 Å². The number of carbonyl (C=O) groups excluding carboxylic acids is 1. The molecule has 33 heavy (non-hydrogen) atoms. The van der Waals surface area contributed by atoms with Crippen LogP contribution in [0.15, 0.2) is 63.5 Å².